The molecule has 5 nitrogen and oxygen atoms in total. The molecule has 3 rings (SSSR count). The first-order chi connectivity index (χ1) is 13.0. The van der Waals surface area contributed by atoms with Crippen molar-refractivity contribution in [2.75, 3.05) is 11.9 Å². The predicted molar refractivity (Wildman–Crippen MR) is 104 cm³/mol. The minimum atomic E-state index is -3.66. The van der Waals surface area contributed by atoms with Crippen LogP contribution in [0.4, 0.5) is 10.1 Å². The first kappa shape index (κ1) is 19.2. The number of benzene rings is 2. The van der Waals surface area contributed by atoms with Gasteiger partial charge in [-0.05, 0) is 54.3 Å². The number of hydrogen-bond donors (Lipinski definition) is 2. The third-order valence-corrected chi connectivity index (χ3v) is 6.21. The van der Waals surface area contributed by atoms with Crippen molar-refractivity contribution < 1.29 is 17.6 Å². The SMILES string of the molecule is O=C(Nc1ccccc1F)c1ccc(S(=O)(=O)NCCc2cccs2)cc1. The van der Waals surface area contributed by atoms with E-state index in [0.717, 1.165) is 4.88 Å². The van der Waals surface area contributed by atoms with E-state index >= 15 is 0 Å². The Balaban J connectivity index is 1.63. The molecule has 0 bridgehead atoms. The van der Waals surface area contributed by atoms with E-state index in [4.69, 9.17) is 0 Å². The summed E-state index contributed by atoms with van der Waals surface area (Å²) in [7, 11) is -3.66. The minimum Gasteiger partial charge on any atom is -0.319 e. The number of carbonyl (C=O) groups is 1. The number of thiophene rings is 1. The Kier molecular flexibility index (Phi) is 6.00. The fourth-order valence-electron chi connectivity index (χ4n) is 2.39. The minimum absolute atomic E-state index is 0.0643. The number of sulfonamides is 1. The van der Waals surface area contributed by atoms with E-state index in [1.54, 1.807) is 17.4 Å². The lowest BCUT2D eigenvalue weighted by Gasteiger charge is -2.08. The molecule has 0 atom stereocenters. The Bertz CT molecular complexity index is 1020. The number of rotatable bonds is 7. The van der Waals surface area contributed by atoms with Crippen molar-refractivity contribution in [3.05, 3.63) is 82.3 Å². The number of anilines is 1. The molecule has 0 aliphatic carbocycles. The Morgan fingerprint density at radius 1 is 1.00 bits per heavy atom. The first-order valence-corrected chi connectivity index (χ1v) is 10.5. The van der Waals surface area contributed by atoms with Crippen LogP contribution in [0.1, 0.15) is 15.2 Å². The van der Waals surface area contributed by atoms with Crippen LogP contribution in [0.5, 0.6) is 0 Å². The molecule has 0 fully saturated rings. The van der Waals surface area contributed by atoms with Crippen molar-refractivity contribution in [1.29, 1.82) is 0 Å². The third-order valence-electron chi connectivity index (χ3n) is 3.79. The molecule has 1 aromatic heterocycles. The van der Waals surface area contributed by atoms with Crippen LogP contribution >= 0.6 is 11.3 Å². The average Bonchev–Trinajstić information content (AvgIpc) is 3.17. The fourth-order valence-corrected chi connectivity index (χ4v) is 4.13. The van der Waals surface area contributed by atoms with Crippen molar-refractivity contribution in [3.8, 4) is 0 Å². The summed E-state index contributed by atoms with van der Waals surface area (Å²) in [4.78, 5) is 13.4. The second-order valence-corrected chi connectivity index (χ2v) is 8.48. The van der Waals surface area contributed by atoms with Crippen molar-refractivity contribution in [2.45, 2.75) is 11.3 Å². The number of para-hydroxylation sites is 1. The lowest BCUT2D eigenvalue weighted by molar-refractivity contribution is 0.102. The van der Waals surface area contributed by atoms with Gasteiger partial charge in [0.25, 0.3) is 5.91 Å². The maximum absolute atomic E-state index is 13.6. The molecule has 3 aromatic rings. The van der Waals surface area contributed by atoms with Crippen LogP contribution in [0, 0.1) is 5.82 Å². The molecular weight excluding hydrogens is 387 g/mol. The summed E-state index contributed by atoms with van der Waals surface area (Å²) < 4.78 is 40.8. The number of carbonyl (C=O) groups excluding carboxylic acids is 1. The van der Waals surface area contributed by atoms with Crippen LogP contribution in [-0.4, -0.2) is 20.9 Å². The maximum Gasteiger partial charge on any atom is 0.255 e. The molecule has 2 aromatic carbocycles. The number of nitrogens with one attached hydrogen (secondary N) is 2. The molecule has 0 spiro atoms. The fraction of sp³-hybridized carbons (Fsp3) is 0.105. The van der Waals surface area contributed by atoms with Gasteiger partial charge in [0.15, 0.2) is 0 Å². The van der Waals surface area contributed by atoms with Crippen LogP contribution in [0.25, 0.3) is 0 Å². The van der Waals surface area contributed by atoms with E-state index in [9.17, 15) is 17.6 Å². The summed E-state index contributed by atoms with van der Waals surface area (Å²) in [5, 5.41) is 4.40. The van der Waals surface area contributed by atoms with Crippen molar-refractivity contribution in [3.63, 3.8) is 0 Å². The molecule has 8 heteroatoms. The van der Waals surface area contributed by atoms with E-state index in [-0.39, 0.29) is 16.1 Å². The van der Waals surface area contributed by atoms with Crippen molar-refractivity contribution >= 4 is 33.0 Å². The molecule has 1 amide bonds. The highest BCUT2D eigenvalue weighted by atomic mass is 32.2. The third kappa shape index (κ3) is 5.00. The van der Waals surface area contributed by atoms with Gasteiger partial charge in [0, 0.05) is 17.0 Å². The summed E-state index contributed by atoms with van der Waals surface area (Å²) in [5.41, 5.74) is 0.297. The molecule has 0 unspecified atom stereocenters. The topological polar surface area (TPSA) is 75.3 Å². The number of halogens is 1. The largest absolute Gasteiger partial charge is 0.319 e. The quantitative estimate of drug-likeness (QED) is 0.631. The highest BCUT2D eigenvalue weighted by Crippen LogP contribution is 2.16. The highest BCUT2D eigenvalue weighted by Gasteiger charge is 2.15. The normalized spacial score (nSPS) is 11.3. The zero-order valence-electron chi connectivity index (χ0n) is 14.2. The van der Waals surface area contributed by atoms with E-state index in [2.05, 4.69) is 10.0 Å². The maximum atomic E-state index is 13.6. The van der Waals surface area contributed by atoms with Gasteiger partial charge in [0.2, 0.25) is 10.0 Å². The van der Waals surface area contributed by atoms with E-state index < -0.39 is 21.7 Å². The van der Waals surface area contributed by atoms with Gasteiger partial charge in [0.1, 0.15) is 5.82 Å². The molecule has 140 valence electrons. The van der Waals surface area contributed by atoms with Crippen molar-refractivity contribution in [2.24, 2.45) is 0 Å². The molecule has 0 saturated heterocycles. The molecular formula is C19H17FN2O3S2. The Labute approximate surface area is 160 Å². The smallest absolute Gasteiger partial charge is 0.255 e. The van der Waals surface area contributed by atoms with Gasteiger partial charge in [-0.1, -0.05) is 18.2 Å². The average molecular weight is 404 g/mol. The molecule has 1 heterocycles. The monoisotopic (exact) mass is 404 g/mol. The number of amides is 1. The van der Waals surface area contributed by atoms with Gasteiger partial charge >= 0.3 is 0 Å². The zero-order valence-corrected chi connectivity index (χ0v) is 15.8. The standard InChI is InChI=1S/C19H17FN2O3S2/c20-17-5-1-2-6-18(17)22-19(23)14-7-9-16(10-8-14)27(24,25)21-12-11-15-4-3-13-26-15/h1-10,13,21H,11-12H2,(H,22,23). The van der Waals surface area contributed by atoms with Gasteiger partial charge in [-0.25, -0.2) is 17.5 Å². The van der Waals surface area contributed by atoms with E-state index in [1.165, 1.54) is 42.5 Å². The molecule has 27 heavy (non-hydrogen) atoms. The second-order valence-electron chi connectivity index (χ2n) is 5.69. The van der Waals surface area contributed by atoms with Gasteiger partial charge in [0.05, 0.1) is 10.6 Å². The van der Waals surface area contributed by atoms with Crippen LogP contribution in [0.2, 0.25) is 0 Å². The molecule has 0 aliphatic rings. The van der Waals surface area contributed by atoms with Crippen molar-refractivity contribution in [1.82, 2.24) is 4.72 Å². The van der Waals surface area contributed by atoms with Gasteiger partial charge in [-0.2, -0.15) is 0 Å². The zero-order chi connectivity index (χ0) is 19.3. The molecule has 0 saturated carbocycles. The molecule has 0 radical (unpaired) electrons. The van der Waals surface area contributed by atoms with Crippen LogP contribution < -0.4 is 10.0 Å². The summed E-state index contributed by atoms with van der Waals surface area (Å²) in [5.74, 6) is -1.06. The Morgan fingerprint density at radius 2 is 1.74 bits per heavy atom. The van der Waals surface area contributed by atoms with E-state index in [1.807, 2.05) is 17.5 Å². The van der Waals surface area contributed by atoms with E-state index in [0.29, 0.717) is 13.0 Å². The predicted octanol–water partition coefficient (Wildman–Crippen LogP) is 3.66. The summed E-state index contributed by atoms with van der Waals surface area (Å²) in [6.45, 7) is 0.290. The summed E-state index contributed by atoms with van der Waals surface area (Å²) >= 11 is 1.57. The second kappa shape index (κ2) is 8.43. The molecule has 0 aliphatic heterocycles. The summed E-state index contributed by atoms with van der Waals surface area (Å²) in [6, 6.07) is 15.2. The summed E-state index contributed by atoms with van der Waals surface area (Å²) in [6.07, 6.45) is 0.611. The first-order valence-electron chi connectivity index (χ1n) is 8.14. The Hall–Kier alpha value is -2.55. The van der Waals surface area contributed by atoms with Crippen LogP contribution in [0.3, 0.4) is 0 Å². The van der Waals surface area contributed by atoms with Crippen LogP contribution in [0.15, 0.2) is 70.9 Å². The molecule has 2 N–H and O–H groups in total. The number of hydrogen-bond acceptors (Lipinski definition) is 4. The van der Waals surface area contributed by atoms with Gasteiger partial charge < -0.3 is 5.32 Å². The van der Waals surface area contributed by atoms with Gasteiger partial charge in [-0.3, -0.25) is 4.79 Å². The van der Waals surface area contributed by atoms with Crippen LogP contribution in [-0.2, 0) is 16.4 Å². The lowest BCUT2D eigenvalue weighted by Crippen LogP contribution is -2.26. The highest BCUT2D eigenvalue weighted by molar-refractivity contribution is 7.89. The Morgan fingerprint density at radius 3 is 2.41 bits per heavy atom. The van der Waals surface area contributed by atoms with Gasteiger partial charge in [-0.15, -0.1) is 11.3 Å². The lowest BCUT2D eigenvalue weighted by atomic mass is 10.2.